The largest absolute Gasteiger partial charge is 0.398 e. The number of rotatable bonds is 3. The number of nitrogens with one attached hydrogen (secondary N) is 1. The molecule has 0 fully saturated rings. The van der Waals surface area contributed by atoms with E-state index in [9.17, 15) is 4.39 Å². The van der Waals surface area contributed by atoms with Crippen LogP contribution < -0.4 is 5.73 Å². The Bertz CT molecular complexity index is 870. The Morgan fingerprint density at radius 1 is 1.45 bits per heavy atom. The number of aryl methyl sites for hydroxylation is 1. The summed E-state index contributed by atoms with van der Waals surface area (Å²) in [7, 11) is 0. The van der Waals surface area contributed by atoms with E-state index in [1.807, 2.05) is 36.7 Å². The summed E-state index contributed by atoms with van der Waals surface area (Å²) in [5.41, 5.74) is 10.3. The number of fused-ring (bicyclic) bond motifs is 1. The van der Waals surface area contributed by atoms with E-state index in [2.05, 4.69) is 10.2 Å². The van der Waals surface area contributed by atoms with Gasteiger partial charge in [0, 0.05) is 34.1 Å². The second kappa shape index (κ2) is 5.33. The van der Waals surface area contributed by atoms with Crippen LogP contribution >= 0.6 is 0 Å². The highest BCUT2D eigenvalue weighted by molar-refractivity contribution is 5.94. The van der Waals surface area contributed by atoms with Crippen LogP contribution in [0.25, 0.3) is 16.6 Å². The van der Waals surface area contributed by atoms with Crippen molar-refractivity contribution in [3.8, 4) is 0 Å². The second-order valence-corrected chi connectivity index (χ2v) is 5.47. The van der Waals surface area contributed by atoms with E-state index in [0.29, 0.717) is 28.9 Å². The molecular formula is C17H19FN4. The third kappa shape index (κ3) is 2.09. The highest BCUT2D eigenvalue weighted by Gasteiger charge is 2.20. The van der Waals surface area contributed by atoms with E-state index in [1.165, 1.54) is 0 Å². The molecule has 0 aliphatic heterocycles. The van der Waals surface area contributed by atoms with Gasteiger partial charge in [-0.2, -0.15) is 5.10 Å². The molecule has 2 aromatic heterocycles. The first-order valence-electron chi connectivity index (χ1n) is 7.22. The normalized spacial score (nSPS) is 12.3. The molecule has 3 N–H and O–H groups in total. The molecule has 0 aliphatic rings. The smallest absolute Gasteiger partial charge is 0.133 e. The molecule has 114 valence electrons. The highest BCUT2D eigenvalue weighted by atomic mass is 19.1. The quantitative estimate of drug-likeness (QED) is 0.777. The summed E-state index contributed by atoms with van der Waals surface area (Å²) in [5, 5.41) is 7.87. The number of aromatic nitrogens is 3. The summed E-state index contributed by atoms with van der Waals surface area (Å²) in [5.74, 6) is -0.232. The number of nitrogens with two attached hydrogens (primary N) is 1. The van der Waals surface area contributed by atoms with Crippen LogP contribution in [0.2, 0.25) is 0 Å². The molecule has 3 aromatic rings. The first-order chi connectivity index (χ1) is 10.5. The molecule has 0 unspecified atom stereocenters. The Morgan fingerprint density at radius 2 is 2.23 bits per heavy atom. The van der Waals surface area contributed by atoms with Crippen molar-refractivity contribution in [2.45, 2.75) is 27.3 Å². The predicted octanol–water partition coefficient (Wildman–Crippen LogP) is 3.49. The number of halogens is 1. The van der Waals surface area contributed by atoms with Gasteiger partial charge < -0.3 is 10.3 Å². The molecule has 0 atom stereocenters. The lowest BCUT2D eigenvalue weighted by Crippen LogP contribution is -2.08. The average Bonchev–Trinajstić information content (AvgIpc) is 3.13. The maximum Gasteiger partial charge on any atom is 0.133 e. The van der Waals surface area contributed by atoms with E-state index in [0.717, 1.165) is 16.6 Å². The Morgan fingerprint density at radius 3 is 2.86 bits per heavy atom. The summed E-state index contributed by atoms with van der Waals surface area (Å²) in [4.78, 5) is 0. The zero-order valence-electron chi connectivity index (χ0n) is 12.9. The summed E-state index contributed by atoms with van der Waals surface area (Å²) < 4.78 is 17.0. The topological polar surface area (TPSA) is 59.6 Å². The lowest BCUT2D eigenvalue weighted by molar-refractivity contribution is 0.592. The van der Waals surface area contributed by atoms with Gasteiger partial charge in [0.1, 0.15) is 5.82 Å². The van der Waals surface area contributed by atoms with Gasteiger partial charge in [-0.3, -0.25) is 5.10 Å². The van der Waals surface area contributed by atoms with E-state index < -0.39 is 0 Å². The van der Waals surface area contributed by atoms with E-state index in [4.69, 9.17) is 5.73 Å². The van der Waals surface area contributed by atoms with Crippen molar-refractivity contribution in [3.63, 3.8) is 0 Å². The number of nitrogens with zero attached hydrogens (tertiary/aromatic N) is 2. The molecule has 0 spiro atoms. The Hall–Kier alpha value is -2.56. The minimum Gasteiger partial charge on any atom is -0.398 e. The van der Waals surface area contributed by atoms with Gasteiger partial charge in [0.25, 0.3) is 0 Å². The molecule has 0 saturated heterocycles. The molecule has 4 nitrogen and oxygen atoms in total. The fourth-order valence-electron chi connectivity index (χ4n) is 2.87. The Kier molecular flexibility index (Phi) is 3.48. The third-order valence-electron chi connectivity index (χ3n) is 4.16. The minimum atomic E-state index is -0.232. The molecule has 0 saturated carbocycles. The predicted molar refractivity (Wildman–Crippen MR) is 86.9 cm³/mol. The van der Waals surface area contributed by atoms with Crippen molar-refractivity contribution in [2.24, 2.45) is 5.73 Å². The van der Waals surface area contributed by atoms with Gasteiger partial charge in [-0.25, -0.2) is 4.39 Å². The van der Waals surface area contributed by atoms with Gasteiger partial charge in [0.2, 0.25) is 0 Å². The molecule has 0 amide bonds. The number of H-pyrrole nitrogens is 1. The van der Waals surface area contributed by atoms with Gasteiger partial charge >= 0.3 is 0 Å². The summed E-state index contributed by atoms with van der Waals surface area (Å²) in [6.07, 6.45) is 5.43. The molecule has 0 radical (unpaired) electrons. The SMILES string of the molecule is C/C=C(\N)c1c(C)c(F)c(Cn2cccc2C)c2[nH]ncc12. The zero-order valence-corrected chi connectivity index (χ0v) is 12.9. The molecule has 0 aliphatic carbocycles. The van der Waals surface area contributed by atoms with Gasteiger partial charge in [-0.1, -0.05) is 6.08 Å². The van der Waals surface area contributed by atoms with Crippen LogP contribution in [0, 0.1) is 19.7 Å². The van der Waals surface area contributed by atoms with Crippen LogP contribution in [-0.2, 0) is 6.54 Å². The van der Waals surface area contributed by atoms with Crippen molar-refractivity contribution in [1.82, 2.24) is 14.8 Å². The molecule has 0 bridgehead atoms. The van der Waals surface area contributed by atoms with Crippen molar-refractivity contribution < 1.29 is 4.39 Å². The number of aromatic amines is 1. The van der Waals surface area contributed by atoms with Crippen LogP contribution in [0.1, 0.15) is 29.3 Å². The Balaban J connectivity index is 2.27. The minimum absolute atomic E-state index is 0.232. The van der Waals surface area contributed by atoms with Crippen LogP contribution in [0.3, 0.4) is 0 Å². The molecule has 1 aromatic carbocycles. The van der Waals surface area contributed by atoms with Crippen LogP contribution in [0.15, 0.2) is 30.6 Å². The fourth-order valence-corrected chi connectivity index (χ4v) is 2.87. The lowest BCUT2D eigenvalue weighted by atomic mass is 9.96. The maximum atomic E-state index is 14.9. The number of hydrogen-bond donors (Lipinski definition) is 2. The lowest BCUT2D eigenvalue weighted by Gasteiger charge is -2.15. The monoisotopic (exact) mass is 298 g/mol. The van der Waals surface area contributed by atoms with Crippen molar-refractivity contribution in [1.29, 1.82) is 0 Å². The molecule has 22 heavy (non-hydrogen) atoms. The first kappa shape index (κ1) is 14.4. The highest BCUT2D eigenvalue weighted by Crippen LogP contribution is 2.31. The standard InChI is InChI=1S/C17H19FN4/c1-4-14(19)15-11(3)16(18)13(17-12(15)8-20-21-17)9-22-7-5-6-10(22)2/h4-8H,9,19H2,1-3H3,(H,20,21)/b14-4-. The molecular weight excluding hydrogens is 279 g/mol. The number of benzene rings is 1. The van der Waals surface area contributed by atoms with Crippen molar-refractivity contribution >= 4 is 16.6 Å². The maximum absolute atomic E-state index is 14.9. The number of hydrogen-bond acceptors (Lipinski definition) is 2. The van der Waals surface area contributed by atoms with E-state index in [-0.39, 0.29) is 5.82 Å². The zero-order chi connectivity index (χ0) is 15.9. The van der Waals surface area contributed by atoms with Gasteiger partial charge in [0.15, 0.2) is 0 Å². The second-order valence-electron chi connectivity index (χ2n) is 5.47. The van der Waals surface area contributed by atoms with Crippen LogP contribution in [-0.4, -0.2) is 14.8 Å². The third-order valence-corrected chi connectivity index (χ3v) is 4.16. The van der Waals surface area contributed by atoms with E-state index in [1.54, 1.807) is 19.2 Å². The summed E-state index contributed by atoms with van der Waals surface area (Å²) in [6, 6.07) is 3.96. The van der Waals surface area contributed by atoms with Crippen LogP contribution in [0.5, 0.6) is 0 Å². The first-order valence-corrected chi connectivity index (χ1v) is 7.22. The van der Waals surface area contributed by atoms with E-state index >= 15 is 0 Å². The Labute approximate surface area is 128 Å². The molecule has 5 heteroatoms. The van der Waals surface area contributed by atoms with Gasteiger partial charge in [0.05, 0.1) is 18.3 Å². The van der Waals surface area contributed by atoms with Gasteiger partial charge in [-0.05, 0) is 38.5 Å². The van der Waals surface area contributed by atoms with Crippen molar-refractivity contribution in [2.75, 3.05) is 0 Å². The van der Waals surface area contributed by atoms with Gasteiger partial charge in [-0.15, -0.1) is 0 Å². The number of allylic oxidation sites excluding steroid dienone is 1. The van der Waals surface area contributed by atoms with Crippen molar-refractivity contribution in [3.05, 3.63) is 58.8 Å². The van der Waals surface area contributed by atoms with Crippen LogP contribution in [0.4, 0.5) is 4.39 Å². The molecule has 2 heterocycles. The molecule has 3 rings (SSSR count). The summed E-state index contributed by atoms with van der Waals surface area (Å²) >= 11 is 0. The summed E-state index contributed by atoms with van der Waals surface area (Å²) in [6.45, 7) is 6.07. The average molecular weight is 298 g/mol. The fraction of sp³-hybridized carbons (Fsp3) is 0.235.